The smallest absolute Gasteiger partial charge is 0.115 e. The van der Waals surface area contributed by atoms with Crippen LogP contribution in [0.5, 0.6) is 5.75 Å². The zero-order valence-electron chi connectivity index (χ0n) is 10.5. The van der Waals surface area contributed by atoms with E-state index in [9.17, 15) is 5.11 Å². The quantitative estimate of drug-likeness (QED) is 0.591. The van der Waals surface area contributed by atoms with Crippen LogP contribution in [-0.4, -0.2) is 5.11 Å². The Labute approximate surface area is 104 Å². The summed E-state index contributed by atoms with van der Waals surface area (Å²) in [7, 11) is 0. The minimum atomic E-state index is 0.359. The summed E-state index contributed by atoms with van der Waals surface area (Å²) in [5.41, 5.74) is 3.01. The van der Waals surface area contributed by atoms with Crippen LogP contribution in [0.2, 0.25) is 0 Å². The van der Waals surface area contributed by atoms with Crippen molar-refractivity contribution < 1.29 is 5.11 Å². The van der Waals surface area contributed by atoms with E-state index < -0.39 is 0 Å². The highest BCUT2D eigenvalue weighted by molar-refractivity contribution is 5.25. The molecule has 0 heterocycles. The molecule has 1 nitrogen and oxygen atoms in total. The molecule has 0 aliphatic heterocycles. The lowest BCUT2D eigenvalue weighted by molar-refractivity contribution is 0.475. The van der Waals surface area contributed by atoms with Crippen molar-refractivity contribution in [3.63, 3.8) is 0 Å². The molecule has 1 aliphatic rings. The van der Waals surface area contributed by atoms with Gasteiger partial charge in [0.1, 0.15) is 5.75 Å². The number of rotatable bonds is 4. The number of phenols is 1. The van der Waals surface area contributed by atoms with Gasteiger partial charge in [0.15, 0.2) is 0 Å². The third kappa shape index (κ3) is 4.26. The third-order valence-electron chi connectivity index (χ3n) is 3.53. The Bertz CT molecular complexity index is 354. The van der Waals surface area contributed by atoms with Gasteiger partial charge in [0, 0.05) is 0 Å². The molecule has 1 saturated carbocycles. The average molecular weight is 230 g/mol. The van der Waals surface area contributed by atoms with Gasteiger partial charge in [-0.1, -0.05) is 30.2 Å². The van der Waals surface area contributed by atoms with Crippen molar-refractivity contribution in [2.24, 2.45) is 0 Å². The fourth-order valence-electron chi connectivity index (χ4n) is 2.49. The molecule has 1 aromatic carbocycles. The molecule has 0 radical (unpaired) electrons. The molecule has 0 unspecified atom stereocenters. The van der Waals surface area contributed by atoms with Crippen LogP contribution in [0.1, 0.15) is 50.5 Å². The number of hydrogen-bond acceptors (Lipinski definition) is 1. The maximum Gasteiger partial charge on any atom is 0.115 e. The topological polar surface area (TPSA) is 20.2 Å². The SMILES string of the molecule is Oc1ccc(CCCC=C2CCCCC2)cc1. The Hall–Kier alpha value is -1.24. The Kier molecular flexibility index (Phi) is 4.66. The van der Waals surface area contributed by atoms with Gasteiger partial charge < -0.3 is 5.11 Å². The van der Waals surface area contributed by atoms with Crippen LogP contribution >= 0.6 is 0 Å². The van der Waals surface area contributed by atoms with Crippen molar-refractivity contribution in [2.75, 3.05) is 0 Å². The number of aromatic hydroxyl groups is 1. The molecule has 0 amide bonds. The summed E-state index contributed by atoms with van der Waals surface area (Å²) < 4.78 is 0. The molecule has 1 aliphatic carbocycles. The standard InChI is InChI=1S/C16H22O/c17-16-12-10-15(11-13-16)9-5-4-8-14-6-2-1-3-7-14/h8,10-13,17H,1-7,9H2. The second-order valence-electron chi connectivity index (χ2n) is 4.98. The molecule has 1 aromatic rings. The van der Waals surface area contributed by atoms with Gasteiger partial charge >= 0.3 is 0 Å². The molecule has 0 spiro atoms. The first-order valence-electron chi connectivity index (χ1n) is 6.80. The molecule has 0 atom stereocenters. The van der Waals surface area contributed by atoms with Gasteiger partial charge in [0.05, 0.1) is 0 Å². The second-order valence-corrected chi connectivity index (χ2v) is 4.98. The zero-order valence-corrected chi connectivity index (χ0v) is 10.5. The predicted molar refractivity (Wildman–Crippen MR) is 72.2 cm³/mol. The monoisotopic (exact) mass is 230 g/mol. The summed E-state index contributed by atoms with van der Waals surface area (Å²) in [6, 6.07) is 7.58. The third-order valence-corrected chi connectivity index (χ3v) is 3.53. The minimum absolute atomic E-state index is 0.359. The van der Waals surface area contributed by atoms with Crippen molar-refractivity contribution >= 4 is 0 Å². The molecular weight excluding hydrogens is 208 g/mol. The van der Waals surface area contributed by atoms with Crippen molar-refractivity contribution in [1.82, 2.24) is 0 Å². The van der Waals surface area contributed by atoms with Crippen molar-refractivity contribution in [3.05, 3.63) is 41.5 Å². The summed E-state index contributed by atoms with van der Waals surface area (Å²) in [4.78, 5) is 0. The van der Waals surface area contributed by atoms with Crippen molar-refractivity contribution in [2.45, 2.75) is 51.4 Å². The molecular formula is C16H22O. The minimum Gasteiger partial charge on any atom is -0.508 e. The van der Waals surface area contributed by atoms with Gasteiger partial charge in [0.25, 0.3) is 0 Å². The van der Waals surface area contributed by atoms with E-state index in [1.165, 1.54) is 50.5 Å². The molecule has 1 heteroatoms. The number of unbranched alkanes of at least 4 members (excludes halogenated alkanes) is 1. The van der Waals surface area contributed by atoms with E-state index in [-0.39, 0.29) is 0 Å². The first kappa shape index (κ1) is 12.2. The molecule has 1 fully saturated rings. The summed E-state index contributed by atoms with van der Waals surface area (Å²) in [6.07, 6.45) is 12.9. The largest absolute Gasteiger partial charge is 0.508 e. The molecule has 0 aromatic heterocycles. The highest BCUT2D eigenvalue weighted by Crippen LogP contribution is 2.23. The van der Waals surface area contributed by atoms with Gasteiger partial charge in [-0.15, -0.1) is 0 Å². The van der Waals surface area contributed by atoms with Crippen LogP contribution < -0.4 is 0 Å². The molecule has 2 rings (SSSR count). The van der Waals surface area contributed by atoms with Crippen molar-refractivity contribution in [1.29, 1.82) is 0 Å². The number of hydrogen-bond donors (Lipinski definition) is 1. The van der Waals surface area contributed by atoms with Gasteiger partial charge in [-0.3, -0.25) is 0 Å². The molecule has 92 valence electrons. The van der Waals surface area contributed by atoms with Crippen LogP contribution in [0, 0.1) is 0 Å². The Morgan fingerprint density at radius 2 is 1.71 bits per heavy atom. The van der Waals surface area contributed by atoms with Crippen LogP contribution in [0.4, 0.5) is 0 Å². The van der Waals surface area contributed by atoms with Gasteiger partial charge in [-0.2, -0.15) is 0 Å². The Morgan fingerprint density at radius 3 is 2.41 bits per heavy atom. The van der Waals surface area contributed by atoms with Crippen molar-refractivity contribution in [3.8, 4) is 5.75 Å². The van der Waals surface area contributed by atoms with Crippen LogP contribution in [0.3, 0.4) is 0 Å². The first-order valence-corrected chi connectivity index (χ1v) is 6.80. The Balaban J connectivity index is 1.70. The van der Waals surface area contributed by atoms with E-state index in [0.717, 1.165) is 6.42 Å². The summed E-state index contributed by atoms with van der Waals surface area (Å²) >= 11 is 0. The lowest BCUT2D eigenvalue weighted by Gasteiger charge is -2.13. The van der Waals surface area contributed by atoms with E-state index in [1.807, 2.05) is 12.1 Å². The number of aryl methyl sites for hydroxylation is 1. The van der Waals surface area contributed by atoms with Crippen LogP contribution in [0.15, 0.2) is 35.9 Å². The lowest BCUT2D eigenvalue weighted by atomic mass is 9.93. The van der Waals surface area contributed by atoms with Crippen LogP contribution in [-0.2, 0) is 6.42 Å². The maximum absolute atomic E-state index is 9.19. The highest BCUT2D eigenvalue weighted by Gasteiger charge is 2.03. The normalized spacial score (nSPS) is 15.9. The molecule has 17 heavy (non-hydrogen) atoms. The Morgan fingerprint density at radius 1 is 1.00 bits per heavy atom. The lowest BCUT2D eigenvalue weighted by Crippen LogP contribution is -1.93. The molecule has 0 bridgehead atoms. The molecule has 0 saturated heterocycles. The van der Waals surface area contributed by atoms with E-state index in [4.69, 9.17) is 0 Å². The predicted octanol–water partition coefficient (Wildman–Crippen LogP) is 4.61. The van der Waals surface area contributed by atoms with Gasteiger partial charge in [0.2, 0.25) is 0 Å². The van der Waals surface area contributed by atoms with E-state index in [1.54, 1.807) is 17.7 Å². The highest BCUT2D eigenvalue weighted by atomic mass is 16.3. The summed E-state index contributed by atoms with van der Waals surface area (Å²) in [5.74, 6) is 0.359. The second kappa shape index (κ2) is 6.48. The zero-order chi connectivity index (χ0) is 11.9. The fourth-order valence-corrected chi connectivity index (χ4v) is 2.49. The van der Waals surface area contributed by atoms with E-state index >= 15 is 0 Å². The maximum atomic E-state index is 9.19. The number of benzene rings is 1. The summed E-state index contributed by atoms with van der Waals surface area (Å²) in [5, 5.41) is 9.19. The first-order chi connectivity index (χ1) is 8.34. The fraction of sp³-hybridized carbons (Fsp3) is 0.500. The number of allylic oxidation sites excluding steroid dienone is 2. The van der Waals surface area contributed by atoms with Gasteiger partial charge in [-0.25, -0.2) is 0 Å². The van der Waals surface area contributed by atoms with E-state index in [0.29, 0.717) is 5.75 Å². The average Bonchev–Trinajstić information content (AvgIpc) is 2.38. The van der Waals surface area contributed by atoms with Crippen LogP contribution in [0.25, 0.3) is 0 Å². The molecule has 1 N–H and O–H groups in total. The number of phenolic OH excluding ortho intramolecular Hbond substituents is 1. The van der Waals surface area contributed by atoms with E-state index in [2.05, 4.69) is 6.08 Å². The summed E-state index contributed by atoms with van der Waals surface area (Å²) in [6.45, 7) is 0. The van der Waals surface area contributed by atoms with Gasteiger partial charge in [-0.05, 0) is 62.6 Å².